The van der Waals surface area contributed by atoms with Crippen molar-refractivity contribution in [3.8, 4) is 0 Å². The molecular formula is C20H7Cl12N. The number of hydrogen-bond donors (Lipinski definition) is 1. The second kappa shape index (κ2) is 6.64. The average Bonchev–Trinajstić information content (AvgIpc) is 3.08. The lowest BCUT2D eigenvalue weighted by Crippen LogP contribution is -2.49. The molecule has 6 atom stereocenters. The van der Waals surface area contributed by atoms with Crippen molar-refractivity contribution in [2.45, 2.75) is 34.1 Å². The quantitative estimate of drug-likeness (QED) is 0.214. The van der Waals surface area contributed by atoms with Crippen LogP contribution in [-0.2, 0) is 0 Å². The highest BCUT2D eigenvalue weighted by Gasteiger charge is 2.88. The first-order valence-electron chi connectivity index (χ1n) is 9.28. The summed E-state index contributed by atoms with van der Waals surface area (Å²) in [6.45, 7) is 0. The smallest absolute Gasteiger partial charge is 0.174 e. The van der Waals surface area contributed by atoms with Gasteiger partial charge in [-0.3, -0.25) is 0 Å². The molecule has 1 saturated carbocycles. The van der Waals surface area contributed by atoms with Gasteiger partial charge in [-0.1, -0.05) is 98.9 Å². The van der Waals surface area contributed by atoms with Crippen molar-refractivity contribution >= 4 is 150 Å². The Labute approximate surface area is 248 Å². The molecule has 6 rings (SSSR count). The van der Waals surface area contributed by atoms with E-state index in [-0.39, 0.29) is 20.1 Å². The maximum absolute atomic E-state index is 7.22. The molecule has 0 saturated heterocycles. The van der Waals surface area contributed by atoms with Gasteiger partial charge in [-0.15, -0.1) is 46.4 Å². The third-order valence-corrected chi connectivity index (χ3v) is 15.9. The maximum Gasteiger partial charge on any atom is 0.174 e. The minimum Gasteiger partial charge on any atom is -0.399 e. The highest BCUT2D eigenvalue weighted by Crippen LogP contribution is 2.86. The summed E-state index contributed by atoms with van der Waals surface area (Å²) in [6.07, 6.45) is 0. The number of benzene rings is 1. The molecule has 13 heteroatoms. The first kappa shape index (κ1) is 25.0. The first-order valence-corrected chi connectivity index (χ1v) is 13.8. The molecule has 0 aliphatic heterocycles. The maximum atomic E-state index is 7.22. The normalized spacial score (nSPS) is 45.7. The largest absolute Gasteiger partial charge is 0.399 e. The number of halogens is 12. The molecule has 1 nitrogen and oxygen atoms in total. The van der Waals surface area contributed by atoms with Gasteiger partial charge in [0, 0.05) is 17.5 Å². The zero-order chi connectivity index (χ0) is 24.5. The van der Waals surface area contributed by atoms with Crippen molar-refractivity contribution in [2.75, 3.05) is 5.73 Å². The van der Waals surface area contributed by atoms with Crippen molar-refractivity contribution in [3.05, 3.63) is 55.0 Å². The Morgan fingerprint density at radius 1 is 0.636 bits per heavy atom. The van der Waals surface area contributed by atoms with E-state index >= 15 is 0 Å². The lowest BCUT2D eigenvalue weighted by atomic mass is 9.64. The van der Waals surface area contributed by atoms with Gasteiger partial charge in [0.05, 0.1) is 20.1 Å². The lowest BCUT2D eigenvalue weighted by molar-refractivity contribution is 0.444. The van der Waals surface area contributed by atoms with Gasteiger partial charge in [0.25, 0.3) is 0 Å². The van der Waals surface area contributed by atoms with Crippen LogP contribution in [0.5, 0.6) is 0 Å². The van der Waals surface area contributed by atoms with E-state index in [4.69, 9.17) is 145 Å². The number of hydrogen-bond acceptors (Lipinski definition) is 1. The van der Waals surface area contributed by atoms with Crippen LogP contribution in [0.1, 0.15) is 17.0 Å². The van der Waals surface area contributed by atoms with Crippen LogP contribution in [0.15, 0.2) is 43.9 Å². The van der Waals surface area contributed by atoms with Crippen molar-refractivity contribution in [3.63, 3.8) is 0 Å². The Hall–Kier alpha value is 1.72. The molecule has 176 valence electrons. The fourth-order valence-corrected chi connectivity index (χ4v) is 12.0. The molecule has 0 amide bonds. The second-order valence-electron chi connectivity index (χ2n) is 8.74. The Kier molecular flexibility index (Phi) is 5.04. The van der Waals surface area contributed by atoms with Crippen molar-refractivity contribution in [1.82, 2.24) is 0 Å². The molecule has 5 aliphatic carbocycles. The molecule has 1 aromatic rings. The zero-order valence-corrected chi connectivity index (χ0v) is 24.6. The average molecular weight is 687 g/mol. The predicted molar refractivity (Wildman–Crippen MR) is 145 cm³/mol. The topological polar surface area (TPSA) is 26.0 Å². The summed E-state index contributed by atoms with van der Waals surface area (Å²) in [7, 11) is 0. The molecule has 1 fully saturated rings. The van der Waals surface area contributed by atoms with E-state index in [9.17, 15) is 0 Å². The van der Waals surface area contributed by atoms with E-state index in [1.807, 2.05) is 0 Å². The van der Waals surface area contributed by atoms with Crippen LogP contribution in [0, 0.1) is 5.92 Å². The van der Waals surface area contributed by atoms with E-state index < -0.39 is 40.0 Å². The number of alkyl halides is 8. The summed E-state index contributed by atoms with van der Waals surface area (Å²) in [5.74, 6) is -1.60. The van der Waals surface area contributed by atoms with E-state index in [0.717, 1.165) is 0 Å². The molecule has 1 aromatic carbocycles. The number of nitrogens with two attached hydrogens (primary N) is 1. The number of nitrogen functional groups attached to an aromatic ring is 1. The predicted octanol–water partition coefficient (Wildman–Crippen LogP) is 9.43. The summed E-state index contributed by atoms with van der Waals surface area (Å²) in [5.41, 5.74) is 8.65. The minimum absolute atomic E-state index is 0.000792. The Morgan fingerprint density at radius 3 is 1.73 bits per heavy atom. The molecule has 4 bridgehead atoms. The molecule has 2 N–H and O–H groups in total. The third-order valence-electron chi connectivity index (χ3n) is 7.57. The van der Waals surface area contributed by atoms with Gasteiger partial charge < -0.3 is 5.73 Å². The van der Waals surface area contributed by atoms with Crippen molar-refractivity contribution < 1.29 is 0 Å². The van der Waals surface area contributed by atoms with E-state index in [0.29, 0.717) is 28.0 Å². The highest BCUT2D eigenvalue weighted by molar-refractivity contribution is 6.70. The fourth-order valence-electron chi connectivity index (χ4n) is 6.24. The summed E-state index contributed by atoms with van der Waals surface area (Å²) in [5, 5.41) is -0.0193. The lowest BCUT2D eigenvalue weighted by Gasteiger charge is -2.46. The van der Waals surface area contributed by atoms with Gasteiger partial charge in [0.1, 0.15) is 19.5 Å². The first-order chi connectivity index (χ1) is 15.0. The summed E-state index contributed by atoms with van der Waals surface area (Å²) >= 11 is 83.0. The molecule has 0 spiro atoms. The number of rotatable bonds is 0. The molecular weight excluding hydrogens is 680 g/mol. The molecule has 0 unspecified atom stereocenters. The fraction of sp³-hybridized carbons (Fsp3) is 0.400. The van der Waals surface area contributed by atoms with E-state index in [1.54, 1.807) is 18.2 Å². The molecule has 0 heterocycles. The van der Waals surface area contributed by atoms with Crippen LogP contribution in [0.4, 0.5) is 5.69 Å². The molecule has 33 heavy (non-hydrogen) atoms. The third kappa shape index (κ3) is 2.11. The number of allylic oxidation sites excluding steroid dienone is 6. The van der Waals surface area contributed by atoms with Gasteiger partial charge >= 0.3 is 0 Å². The Balaban J connectivity index is 1.83. The van der Waals surface area contributed by atoms with Gasteiger partial charge in [-0.2, -0.15) is 0 Å². The van der Waals surface area contributed by atoms with E-state index in [1.165, 1.54) is 0 Å². The van der Waals surface area contributed by atoms with Crippen molar-refractivity contribution in [1.29, 1.82) is 0 Å². The van der Waals surface area contributed by atoms with E-state index in [2.05, 4.69) is 0 Å². The highest BCUT2D eigenvalue weighted by atomic mass is 35.5. The summed E-state index contributed by atoms with van der Waals surface area (Å²) in [6, 6.07) is 5.16. The monoisotopic (exact) mass is 681 g/mol. The SMILES string of the molecule is Nc1ccc2c(c1)[C@@H]1[C@@H](C3=C2[C@@]2(Cl)C(Cl)=C(Cl)[C@@]3(Cl)C2(Cl)Cl)[C@@]2(Cl)C(Cl)=C(Cl)[C@@]1(Cl)C2(Cl)Cl. The summed E-state index contributed by atoms with van der Waals surface area (Å²) < 4.78 is -3.79. The summed E-state index contributed by atoms with van der Waals surface area (Å²) in [4.78, 5) is -6.85. The van der Waals surface area contributed by atoms with Crippen molar-refractivity contribution in [2.24, 2.45) is 5.92 Å². The van der Waals surface area contributed by atoms with Crippen LogP contribution in [0.25, 0.3) is 5.57 Å². The number of anilines is 1. The van der Waals surface area contributed by atoms with Gasteiger partial charge in [-0.25, -0.2) is 0 Å². The standard InChI is InChI=1S/C20H7Cl12N/c21-11-13(23)17(27)9-7(15(11,25)19(17,29)30)5-2-1-4(33)3-6(5)8-10(9)18(28)14(24)12(22)16(8,26)20(18,31)32/h1-3,8,10H,33H2/t8-,10+,15-,16-,17-,18-/m1/s1. The number of fused-ring (bicyclic) bond motifs is 13. The van der Waals surface area contributed by atoms with Gasteiger partial charge in [0.15, 0.2) is 8.67 Å². The zero-order valence-electron chi connectivity index (χ0n) is 15.5. The van der Waals surface area contributed by atoms with Crippen LogP contribution in [-0.4, -0.2) is 28.2 Å². The minimum atomic E-state index is -1.91. The molecule has 0 aromatic heterocycles. The van der Waals surface area contributed by atoms with Crippen LogP contribution in [0.3, 0.4) is 0 Å². The van der Waals surface area contributed by atoms with Gasteiger partial charge in [0.2, 0.25) is 0 Å². The van der Waals surface area contributed by atoms with Crippen LogP contribution >= 0.6 is 139 Å². The Bertz CT molecular complexity index is 1310. The van der Waals surface area contributed by atoms with Crippen LogP contribution < -0.4 is 5.73 Å². The van der Waals surface area contributed by atoms with Crippen LogP contribution in [0.2, 0.25) is 0 Å². The molecule has 0 radical (unpaired) electrons. The Morgan fingerprint density at radius 2 is 1.15 bits per heavy atom. The molecule has 5 aliphatic rings. The van der Waals surface area contributed by atoms with Gasteiger partial charge in [-0.05, 0) is 34.4 Å². The second-order valence-corrected chi connectivity index (χ2v) is 15.2.